The normalized spacial score (nSPS) is 23.5. The van der Waals surface area contributed by atoms with Crippen LogP contribution in [0.25, 0.3) is 0 Å². The van der Waals surface area contributed by atoms with E-state index in [2.05, 4.69) is 0 Å². The van der Waals surface area contributed by atoms with E-state index in [1.165, 1.54) is 4.31 Å². The van der Waals surface area contributed by atoms with Gasteiger partial charge in [0.2, 0.25) is 0 Å². The Kier molecular flexibility index (Phi) is 5.76. The zero-order valence-electron chi connectivity index (χ0n) is 11.9. The maximum Gasteiger partial charge on any atom is 0.318 e. The van der Waals surface area contributed by atoms with Crippen molar-refractivity contribution in [1.29, 1.82) is 0 Å². The minimum Gasteiger partial charge on any atom is -0.480 e. The highest BCUT2D eigenvalue weighted by molar-refractivity contribution is 7.86. The topological polar surface area (TPSA) is 77.9 Å². The Morgan fingerprint density at radius 1 is 1.47 bits per heavy atom. The van der Waals surface area contributed by atoms with Crippen LogP contribution in [0, 0.1) is 0 Å². The smallest absolute Gasteiger partial charge is 0.318 e. The number of piperidine rings is 1. The highest BCUT2D eigenvalue weighted by Crippen LogP contribution is 2.24. The second kappa shape index (κ2) is 6.67. The number of hydrogen-bond donors (Lipinski definition) is 1. The molecule has 0 aliphatic carbocycles. The molecular formula is C12H24N2O4S. The van der Waals surface area contributed by atoms with E-state index in [0.717, 1.165) is 23.6 Å². The van der Waals surface area contributed by atoms with Crippen molar-refractivity contribution in [2.45, 2.75) is 58.5 Å². The lowest BCUT2D eigenvalue weighted by Crippen LogP contribution is -2.53. The van der Waals surface area contributed by atoms with Gasteiger partial charge >= 0.3 is 5.97 Å². The Morgan fingerprint density at radius 2 is 2.11 bits per heavy atom. The molecule has 1 fully saturated rings. The minimum absolute atomic E-state index is 0.0564. The van der Waals surface area contributed by atoms with Crippen molar-refractivity contribution >= 4 is 16.2 Å². The van der Waals surface area contributed by atoms with E-state index in [1.807, 2.05) is 13.8 Å². The lowest BCUT2D eigenvalue weighted by Gasteiger charge is -2.37. The van der Waals surface area contributed by atoms with Crippen LogP contribution in [0.1, 0.15) is 46.5 Å². The van der Waals surface area contributed by atoms with Crippen molar-refractivity contribution in [2.24, 2.45) is 0 Å². The molecule has 0 aromatic carbocycles. The molecule has 1 rings (SSSR count). The highest BCUT2D eigenvalue weighted by atomic mass is 32.2. The van der Waals surface area contributed by atoms with Gasteiger partial charge in [-0.3, -0.25) is 4.79 Å². The molecule has 1 aliphatic heterocycles. The predicted octanol–water partition coefficient (Wildman–Crippen LogP) is 1.29. The second-order valence-corrected chi connectivity index (χ2v) is 6.99. The number of carbonyl (C=O) groups is 1. The lowest BCUT2D eigenvalue weighted by atomic mass is 10.1. The van der Waals surface area contributed by atoms with E-state index in [0.29, 0.717) is 13.0 Å². The van der Waals surface area contributed by atoms with Crippen LogP contribution in [-0.4, -0.2) is 53.3 Å². The Hall–Kier alpha value is -0.660. The Bertz CT molecular complexity index is 410. The molecule has 1 N–H and O–H groups in total. The second-order valence-electron chi connectivity index (χ2n) is 5.16. The number of aliphatic carboxylic acids is 1. The molecule has 19 heavy (non-hydrogen) atoms. The zero-order valence-corrected chi connectivity index (χ0v) is 12.7. The maximum atomic E-state index is 12.6. The first kappa shape index (κ1) is 16.4. The monoisotopic (exact) mass is 292 g/mol. The quantitative estimate of drug-likeness (QED) is 0.800. The van der Waals surface area contributed by atoms with E-state index < -0.39 is 22.7 Å². The van der Waals surface area contributed by atoms with E-state index in [1.54, 1.807) is 6.92 Å². The van der Waals surface area contributed by atoms with Gasteiger partial charge in [0, 0.05) is 18.6 Å². The number of carboxylic acid groups (broad SMARTS) is 1. The number of rotatable bonds is 6. The third kappa shape index (κ3) is 3.90. The fraction of sp³-hybridized carbons (Fsp3) is 0.917. The maximum absolute atomic E-state index is 12.6. The summed E-state index contributed by atoms with van der Waals surface area (Å²) in [7, 11) is -3.69. The van der Waals surface area contributed by atoms with Gasteiger partial charge in [-0.1, -0.05) is 13.3 Å². The fourth-order valence-electron chi connectivity index (χ4n) is 2.35. The molecule has 112 valence electrons. The average Bonchev–Trinajstić information content (AvgIpc) is 2.35. The van der Waals surface area contributed by atoms with Gasteiger partial charge in [0.05, 0.1) is 0 Å². The predicted molar refractivity (Wildman–Crippen MR) is 73.0 cm³/mol. The first-order valence-corrected chi connectivity index (χ1v) is 8.20. The molecule has 0 amide bonds. The average molecular weight is 292 g/mol. The molecule has 1 aliphatic rings. The van der Waals surface area contributed by atoms with Crippen molar-refractivity contribution in [3.63, 3.8) is 0 Å². The van der Waals surface area contributed by atoms with Gasteiger partial charge < -0.3 is 5.11 Å². The van der Waals surface area contributed by atoms with Crippen molar-refractivity contribution in [1.82, 2.24) is 8.61 Å². The molecule has 0 saturated carbocycles. The van der Waals surface area contributed by atoms with Crippen molar-refractivity contribution in [2.75, 3.05) is 13.1 Å². The van der Waals surface area contributed by atoms with Crippen LogP contribution in [0.3, 0.4) is 0 Å². The van der Waals surface area contributed by atoms with Gasteiger partial charge in [-0.25, -0.2) is 0 Å². The van der Waals surface area contributed by atoms with Crippen LogP contribution in [-0.2, 0) is 15.0 Å². The summed E-state index contributed by atoms with van der Waals surface area (Å²) in [6.45, 7) is 5.49. The molecule has 0 bridgehead atoms. The first-order valence-electron chi connectivity index (χ1n) is 6.81. The minimum atomic E-state index is -3.69. The first-order chi connectivity index (χ1) is 8.80. The summed E-state index contributed by atoms with van der Waals surface area (Å²) >= 11 is 0. The molecular weight excluding hydrogens is 268 g/mol. The van der Waals surface area contributed by atoms with Gasteiger partial charge in [-0.15, -0.1) is 0 Å². The number of hydrogen-bond acceptors (Lipinski definition) is 3. The summed E-state index contributed by atoms with van der Waals surface area (Å²) in [6, 6.07) is -0.366. The molecule has 2 atom stereocenters. The standard InChI is InChI=1S/C12H24N2O4S/c1-4-10(2)14(9-12(15)16)19(17,18)13-8-6-5-7-11(13)3/h10-11H,4-9H2,1-3H3,(H,15,16). The lowest BCUT2D eigenvalue weighted by molar-refractivity contribution is -0.137. The molecule has 0 radical (unpaired) electrons. The number of nitrogens with zero attached hydrogens (tertiary/aromatic N) is 2. The van der Waals surface area contributed by atoms with Crippen molar-refractivity contribution in [3.05, 3.63) is 0 Å². The van der Waals surface area contributed by atoms with Gasteiger partial charge in [-0.2, -0.15) is 17.0 Å². The van der Waals surface area contributed by atoms with E-state index in [9.17, 15) is 13.2 Å². The van der Waals surface area contributed by atoms with Crippen LogP contribution < -0.4 is 0 Å². The largest absolute Gasteiger partial charge is 0.480 e. The third-order valence-corrected chi connectivity index (χ3v) is 5.93. The van der Waals surface area contributed by atoms with Crippen LogP contribution >= 0.6 is 0 Å². The summed E-state index contributed by atoms with van der Waals surface area (Å²) in [5.41, 5.74) is 0. The van der Waals surface area contributed by atoms with Gasteiger partial charge in [-0.05, 0) is 33.1 Å². The molecule has 1 heterocycles. The van der Waals surface area contributed by atoms with E-state index in [-0.39, 0.29) is 12.1 Å². The van der Waals surface area contributed by atoms with Crippen LogP contribution in [0.2, 0.25) is 0 Å². The Labute approximate surface area is 115 Å². The Balaban J connectivity index is 3.00. The van der Waals surface area contributed by atoms with Crippen LogP contribution in [0.5, 0.6) is 0 Å². The SMILES string of the molecule is CCC(C)N(CC(=O)O)S(=O)(=O)N1CCCCC1C. The summed E-state index contributed by atoms with van der Waals surface area (Å²) in [5.74, 6) is -1.12. The molecule has 1 saturated heterocycles. The molecule has 6 nitrogen and oxygen atoms in total. The van der Waals surface area contributed by atoms with Crippen LogP contribution in [0.15, 0.2) is 0 Å². The number of carboxylic acids is 1. The summed E-state index contributed by atoms with van der Waals surface area (Å²) < 4.78 is 27.8. The highest BCUT2D eigenvalue weighted by Gasteiger charge is 2.37. The van der Waals surface area contributed by atoms with Gasteiger partial charge in [0.1, 0.15) is 6.54 Å². The van der Waals surface area contributed by atoms with Crippen molar-refractivity contribution in [3.8, 4) is 0 Å². The van der Waals surface area contributed by atoms with Crippen LogP contribution in [0.4, 0.5) is 0 Å². The van der Waals surface area contributed by atoms with Crippen molar-refractivity contribution < 1.29 is 18.3 Å². The molecule has 7 heteroatoms. The van der Waals surface area contributed by atoms with E-state index >= 15 is 0 Å². The van der Waals surface area contributed by atoms with Gasteiger partial charge in [0.15, 0.2) is 0 Å². The summed E-state index contributed by atoms with van der Waals surface area (Å²) in [4.78, 5) is 10.9. The Morgan fingerprint density at radius 3 is 2.58 bits per heavy atom. The summed E-state index contributed by atoms with van der Waals surface area (Å²) in [6.07, 6.45) is 3.29. The molecule has 2 unspecified atom stereocenters. The summed E-state index contributed by atoms with van der Waals surface area (Å²) in [5, 5.41) is 8.93. The van der Waals surface area contributed by atoms with Gasteiger partial charge in [0.25, 0.3) is 10.2 Å². The molecule has 0 spiro atoms. The molecule has 0 aromatic rings. The molecule has 0 aromatic heterocycles. The van der Waals surface area contributed by atoms with E-state index in [4.69, 9.17) is 5.11 Å². The third-order valence-electron chi connectivity index (χ3n) is 3.71. The fourth-order valence-corrected chi connectivity index (χ4v) is 4.42. The zero-order chi connectivity index (χ0) is 14.6.